The van der Waals surface area contributed by atoms with E-state index in [1.807, 2.05) is 0 Å². The lowest BCUT2D eigenvalue weighted by Gasteiger charge is -2.29. The van der Waals surface area contributed by atoms with Crippen molar-refractivity contribution in [3.8, 4) is 0 Å². The zero-order chi connectivity index (χ0) is 12.0. The van der Waals surface area contributed by atoms with Crippen molar-refractivity contribution in [1.82, 2.24) is 5.32 Å². The topological polar surface area (TPSA) is 12.0 Å². The standard InChI is InChI=1S/C13H14F3N/c14-11-5-8(6-12(15)13(11)16)7-3-9-1-2-10(4-7)17-9/h5-7,9-10,17H,1-4H2. The van der Waals surface area contributed by atoms with Crippen molar-refractivity contribution in [2.45, 2.75) is 43.7 Å². The van der Waals surface area contributed by atoms with Crippen LogP contribution < -0.4 is 5.32 Å². The highest BCUT2D eigenvalue weighted by Crippen LogP contribution is 2.37. The van der Waals surface area contributed by atoms with E-state index in [2.05, 4.69) is 5.32 Å². The highest BCUT2D eigenvalue weighted by molar-refractivity contribution is 5.24. The van der Waals surface area contributed by atoms with Crippen LogP contribution in [0, 0.1) is 17.5 Å². The summed E-state index contributed by atoms with van der Waals surface area (Å²) in [6.45, 7) is 0. The van der Waals surface area contributed by atoms with Gasteiger partial charge in [-0.1, -0.05) is 0 Å². The van der Waals surface area contributed by atoms with Gasteiger partial charge in [-0.2, -0.15) is 0 Å². The Hall–Kier alpha value is -1.03. The summed E-state index contributed by atoms with van der Waals surface area (Å²) >= 11 is 0. The fourth-order valence-corrected chi connectivity index (χ4v) is 3.14. The minimum Gasteiger partial charge on any atom is -0.311 e. The molecule has 2 aliphatic rings. The van der Waals surface area contributed by atoms with Gasteiger partial charge in [-0.25, -0.2) is 13.2 Å². The van der Waals surface area contributed by atoms with Gasteiger partial charge in [0.2, 0.25) is 0 Å². The molecule has 0 aromatic heterocycles. The number of halogens is 3. The van der Waals surface area contributed by atoms with Crippen LogP contribution in [0.3, 0.4) is 0 Å². The smallest absolute Gasteiger partial charge is 0.194 e. The summed E-state index contributed by atoms with van der Waals surface area (Å²) in [5.74, 6) is -3.37. The van der Waals surface area contributed by atoms with Gasteiger partial charge in [-0.05, 0) is 49.3 Å². The Morgan fingerprint density at radius 1 is 0.941 bits per heavy atom. The molecule has 17 heavy (non-hydrogen) atoms. The van der Waals surface area contributed by atoms with Crippen LogP contribution in [0.15, 0.2) is 12.1 Å². The first-order valence-corrected chi connectivity index (χ1v) is 6.04. The van der Waals surface area contributed by atoms with Crippen molar-refractivity contribution < 1.29 is 13.2 Å². The van der Waals surface area contributed by atoms with Gasteiger partial charge < -0.3 is 5.32 Å². The number of piperidine rings is 1. The predicted molar refractivity (Wildman–Crippen MR) is 58.2 cm³/mol. The summed E-state index contributed by atoms with van der Waals surface area (Å²) in [6.07, 6.45) is 4.04. The zero-order valence-corrected chi connectivity index (χ0v) is 9.35. The fourth-order valence-electron chi connectivity index (χ4n) is 3.14. The van der Waals surface area contributed by atoms with Crippen molar-refractivity contribution in [2.75, 3.05) is 0 Å². The van der Waals surface area contributed by atoms with Crippen LogP contribution in [0.1, 0.15) is 37.2 Å². The van der Waals surface area contributed by atoms with Crippen LogP contribution in [-0.2, 0) is 0 Å². The van der Waals surface area contributed by atoms with Gasteiger partial charge in [-0.3, -0.25) is 0 Å². The van der Waals surface area contributed by atoms with Crippen LogP contribution in [0.5, 0.6) is 0 Å². The molecule has 0 saturated carbocycles. The molecule has 0 aliphatic carbocycles. The Labute approximate surface area is 98.0 Å². The summed E-state index contributed by atoms with van der Waals surface area (Å²) < 4.78 is 39.2. The van der Waals surface area contributed by atoms with Crippen LogP contribution >= 0.6 is 0 Å². The molecule has 1 aromatic carbocycles. The maximum absolute atomic E-state index is 13.2. The molecule has 2 bridgehead atoms. The molecule has 0 amide bonds. The van der Waals surface area contributed by atoms with Crippen molar-refractivity contribution >= 4 is 0 Å². The summed E-state index contributed by atoms with van der Waals surface area (Å²) in [6, 6.07) is 3.20. The fraction of sp³-hybridized carbons (Fsp3) is 0.538. The van der Waals surface area contributed by atoms with E-state index in [0.717, 1.165) is 37.8 Å². The molecular weight excluding hydrogens is 227 g/mol. The number of benzene rings is 1. The van der Waals surface area contributed by atoms with E-state index in [9.17, 15) is 13.2 Å². The van der Waals surface area contributed by atoms with Crippen LogP contribution in [0.25, 0.3) is 0 Å². The van der Waals surface area contributed by atoms with Crippen molar-refractivity contribution in [3.05, 3.63) is 35.1 Å². The van der Waals surface area contributed by atoms with Crippen molar-refractivity contribution in [1.29, 1.82) is 0 Å². The number of rotatable bonds is 1. The quantitative estimate of drug-likeness (QED) is 0.745. The predicted octanol–water partition coefficient (Wildman–Crippen LogP) is 3.10. The SMILES string of the molecule is Fc1cc(C2CC3CCC(C2)N3)cc(F)c1F. The van der Waals surface area contributed by atoms with E-state index in [0.29, 0.717) is 17.6 Å². The molecule has 1 N–H and O–H groups in total. The highest BCUT2D eigenvalue weighted by Gasteiger charge is 2.34. The Balaban J connectivity index is 1.89. The second kappa shape index (κ2) is 4.02. The lowest BCUT2D eigenvalue weighted by Crippen LogP contribution is -2.37. The molecule has 4 heteroatoms. The summed E-state index contributed by atoms with van der Waals surface area (Å²) in [7, 11) is 0. The first-order valence-electron chi connectivity index (χ1n) is 6.04. The lowest BCUT2D eigenvalue weighted by molar-refractivity contribution is 0.359. The van der Waals surface area contributed by atoms with Crippen LogP contribution in [0.4, 0.5) is 13.2 Å². The Kier molecular flexibility index (Phi) is 2.62. The Morgan fingerprint density at radius 2 is 1.47 bits per heavy atom. The molecule has 1 aromatic rings. The van der Waals surface area contributed by atoms with Gasteiger partial charge in [0.25, 0.3) is 0 Å². The number of fused-ring (bicyclic) bond motifs is 2. The summed E-state index contributed by atoms with van der Waals surface area (Å²) in [5.41, 5.74) is 0.597. The first kappa shape index (κ1) is 11.1. The van der Waals surface area contributed by atoms with E-state index in [1.54, 1.807) is 0 Å². The van der Waals surface area contributed by atoms with Gasteiger partial charge in [0.05, 0.1) is 0 Å². The van der Waals surface area contributed by atoms with Gasteiger partial charge in [0.15, 0.2) is 17.5 Å². The third-order valence-corrected chi connectivity index (χ3v) is 3.95. The van der Waals surface area contributed by atoms with Crippen LogP contribution in [0.2, 0.25) is 0 Å². The molecule has 92 valence electrons. The molecular formula is C13H14F3N. The number of nitrogens with one attached hydrogen (secondary N) is 1. The number of hydrogen-bond acceptors (Lipinski definition) is 1. The maximum Gasteiger partial charge on any atom is 0.194 e. The summed E-state index contributed by atoms with van der Waals surface area (Å²) in [4.78, 5) is 0. The largest absolute Gasteiger partial charge is 0.311 e. The monoisotopic (exact) mass is 241 g/mol. The second-order valence-corrected chi connectivity index (χ2v) is 5.10. The Bertz CT molecular complexity index is 411. The molecule has 1 nitrogen and oxygen atoms in total. The molecule has 2 fully saturated rings. The molecule has 2 heterocycles. The number of hydrogen-bond donors (Lipinski definition) is 1. The second-order valence-electron chi connectivity index (χ2n) is 5.10. The van der Waals surface area contributed by atoms with E-state index in [-0.39, 0.29) is 5.92 Å². The van der Waals surface area contributed by atoms with Gasteiger partial charge in [0.1, 0.15) is 0 Å². The molecule has 2 unspecified atom stereocenters. The molecule has 3 rings (SSSR count). The minimum atomic E-state index is -1.37. The van der Waals surface area contributed by atoms with E-state index >= 15 is 0 Å². The summed E-state index contributed by atoms with van der Waals surface area (Å²) in [5, 5.41) is 3.47. The van der Waals surface area contributed by atoms with E-state index < -0.39 is 17.5 Å². The van der Waals surface area contributed by atoms with Crippen molar-refractivity contribution in [2.24, 2.45) is 0 Å². The maximum atomic E-state index is 13.2. The molecule has 2 atom stereocenters. The third kappa shape index (κ3) is 1.95. The molecule has 2 aliphatic heterocycles. The van der Waals surface area contributed by atoms with Gasteiger partial charge in [0, 0.05) is 12.1 Å². The zero-order valence-electron chi connectivity index (χ0n) is 9.35. The molecule has 0 spiro atoms. The van der Waals surface area contributed by atoms with Crippen molar-refractivity contribution in [3.63, 3.8) is 0 Å². The van der Waals surface area contributed by atoms with Gasteiger partial charge in [-0.15, -0.1) is 0 Å². The third-order valence-electron chi connectivity index (χ3n) is 3.95. The highest BCUT2D eigenvalue weighted by atomic mass is 19.2. The first-order chi connectivity index (χ1) is 8.13. The lowest BCUT2D eigenvalue weighted by atomic mass is 9.86. The molecule has 2 saturated heterocycles. The normalized spacial score (nSPS) is 31.8. The Morgan fingerprint density at radius 3 is 2.00 bits per heavy atom. The van der Waals surface area contributed by atoms with Gasteiger partial charge >= 0.3 is 0 Å². The average molecular weight is 241 g/mol. The molecule has 0 radical (unpaired) electrons. The minimum absolute atomic E-state index is 0.151. The average Bonchev–Trinajstić information content (AvgIpc) is 2.64. The van der Waals surface area contributed by atoms with E-state index in [4.69, 9.17) is 0 Å². The van der Waals surface area contributed by atoms with E-state index in [1.165, 1.54) is 0 Å². The van der Waals surface area contributed by atoms with Crippen LogP contribution in [-0.4, -0.2) is 12.1 Å².